The summed E-state index contributed by atoms with van der Waals surface area (Å²) in [5.41, 5.74) is 0. The van der Waals surface area contributed by atoms with Crippen LogP contribution in [0.15, 0.2) is 0 Å². The van der Waals surface area contributed by atoms with Crippen molar-refractivity contribution in [2.75, 3.05) is 34.5 Å². The highest BCUT2D eigenvalue weighted by Gasteiger charge is 1.88. The third kappa shape index (κ3) is 37.1. The van der Waals surface area contributed by atoms with Crippen LogP contribution in [0.2, 0.25) is 0 Å². The molecule has 0 rings (SSSR count). The highest BCUT2D eigenvalue weighted by Crippen LogP contribution is 1.89. The number of methoxy groups -OCH3 is 3. The van der Waals surface area contributed by atoms with Gasteiger partial charge in [-0.15, -0.1) is 0 Å². The first-order valence-corrected chi connectivity index (χ1v) is 6.14. The number of ether oxygens (including phenoxy) is 3. The van der Waals surface area contributed by atoms with Gasteiger partial charge in [-0.2, -0.15) is 0 Å². The molecular weight excluding hydrogens is 204 g/mol. The van der Waals surface area contributed by atoms with Gasteiger partial charge in [-0.3, -0.25) is 0 Å². The predicted molar refractivity (Wildman–Crippen MR) is 71.1 cm³/mol. The van der Waals surface area contributed by atoms with E-state index in [4.69, 9.17) is 14.2 Å². The summed E-state index contributed by atoms with van der Waals surface area (Å²) in [5, 5.41) is 0. The van der Waals surface area contributed by atoms with Gasteiger partial charge in [-0.25, -0.2) is 0 Å². The van der Waals surface area contributed by atoms with Gasteiger partial charge in [0.1, 0.15) is 0 Å². The normalized spacial score (nSPS) is 10.7. The van der Waals surface area contributed by atoms with Crippen molar-refractivity contribution in [2.24, 2.45) is 0 Å². The zero-order valence-corrected chi connectivity index (χ0v) is 12.3. The van der Waals surface area contributed by atoms with E-state index in [2.05, 4.69) is 27.7 Å². The van der Waals surface area contributed by atoms with E-state index in [9.17, 15) is 0 Å². The zero-order chi connectivity index (χ0) is 13.2. The van der Waals surface area contributed by atoms with E-state index in [0.29, 0.717) is 6.10 Å². The maximum Gasteiger partial charge on any atom is 0.0540 e. The van der Waals surface area contributed by atoms with Crippen molar-refractivity contribution in [2.45, 2.75) is 53.1 Å². The minimum atomic E-state index is 0.435. The van der Waals surface area contributed by atoms with Gasteiger partial charge in [0, 0.05) is 34.5 Å². The molecule has 3 nitrogen and oxygen atoms in total. The molecule has 1 atom stereocenters. The van der Waals surface area contributed by atoms with Crippen LogP contribution in [0.25, 0.3) is 0 Å². The summed E-state index contributed by atoms with van der Waals surface area (Å²) in [4.78, 5) is 0. The maximum absolute atomic E-state index is 4.90. The molecule has 102 valence electrons. The molecule has 0 N–H and O–H groups in total. The van der Waals surface area contributed by atoms with Crippen LogP contribution in [0, 0.1) is 0 Å². The molecule has 0 aromatic heterocycles. The minimum absolute atomic E-state index is 0.435. The molecule has 0 aromatic rings. The van der Waals surface area contributed by atoms with Crippen LogP contribution >= 0.6 is 0 Å². The first kappa shape index (κ1) is 21.2. The summed E-state index contributed by atoms with van der Waals surface area (Å²) in [6.07, 6.45) is 3.79. The lowest BCUT2D eigenvalue weighted by Crippen LogP contribution is -2.00. The predicted octanol–water partition coefficient (Wildman–Crippen LogP) is 3.52. The Labute approximate surface area is 102 Å². The third-order valence-electron chi connectivity index (χ3n) is 1.79. The second kappa shape index (κ2) is 24.2. The standard InChI is InChI=1S/C5H12O.2C4H10O/c1-4-5(2)6-3;2*1-3-4-5-2/h5H,4H2,1-3H3;2*3-4H2,1-2H3. The molecule has 1 unspecified atom stereocenters. The monoisotopic (exact) mass is 236 g/mol. The smallest absolute Gasteiger partial charge is 0.0540 e. The molecule has 3 heteroatoms. The second-order valence-corrected chi connectivity index (χ2v) is 3.44. The zero-order valence-electron chi connectivity index (χ0n) is 12.3. The van der Waals surface area contributed by atoms with E-state index in [0.717, 1.165) is 32.5 Å². The maximum atomic E-state index is 4.90. The van der Waals surface area contributed by atoms with E-state index >= 15 is 0 Å². The molecule has 0 amide bonds. The number of rotatable bonds is 6. The highest BCUT2D eigenvalue weighted by molar-refractivity contribution is 4.38. The van der Waals surface area contributed by atoms with Gasteiger partial charge in [-0.1, -0.05) is 20.8 Å². The Morgan fingerprint density at radius 3 is 1.19 bits per heavy atom. The fourth-order valence-corrected chi connectivity index (χ4v) is 0.575. The topological polar surface area (TPSA) is 27.7 Å². The van der Waals surface area contributed by atoms with Crippen molar-refractivity contribution < 1.29 is 14.2 Å². The van der Waals surface area contributed by atoms with Gasteiger partial charge in [0.05, 0.1) is 6.10 Å². The summed E-state index contributed by atoms with van der Waals surface area (Å²) in [6.45, 7) is 10.1. The summed E-state index contributed by atoms with van der Waals surface area (Å²) in [6, 6.07) is 0. The molecule has 0 aromatic carbocycles. The van der Waals surface area contributed by atoms with Crippen LogP contribution < -0.4 is 0 Å². The molecule has 0 aliphatic heterocycles. The van der Waals surface area contributed by atoms with Crippen LogP contribution in [0.3, 0.4) is 0 Å². The Kier molecular flexibility index (Phi) is 32.1. The van der Waals surface area contributed by atoms with Crippen LogP contribution in [-0.4, -0.2) is 40.6 Å². The molecular formula is C13H32O3. The largest absolute Gasteiger partial charge is 0.385 e. The Morgan fingerprint density at radius 2 is 1.19 bits per heavy atom. The van der Waals surface area contributed by atoms with Gasteiger partial charge < -0.3 is 14.2 Å². The average molecular weight is 236 g/mol. The molecule has 0 spiro atoms. The fraction of sp³-hybridized carbons (Fsp3) is 1.00. The lowest BCUT2D eigenvalue weighted by atomic mass is 10.3. The molecule has 0 aliphatic rings. The Bertz CT molecular complexity index is 73.2. The van der Waals surface area contributed by atoms with Crippen molar-refractivity contribution in [1.82, 2.24) is 0 Å². The second-order valence-electron chi connectivity index (χ2n) is 3.44. The molecule has 0 saturated heterocycles. The van der Waals surface area contributed by atoms with Gasteiger partial charge in [0.2, 0.25) is 0 Å². The molecule has 0 heterocycles. The lowest BCUT2D eigenvalue weighted by molar-refractivity contribution is 0.115. The Balaban J connectivity index is -0.000000160. The van der Waals surface area contributed by atoms with E-state index in [1.807, 2.05) is 0 Å². The number of hydrogen-bond donors (Lipinski definition) is 0. The van der Waals surface area contributed by atoms with Crippen LogP contribution in [0.4, 0.5) is 0 Å². The third-order valence-corrected chi connectivity index (χ3v) is 1.79. The van der Waals surface area contributed by atoms with Gasteiger partial charge >= 0.3 is 0 Å². The molecule has 16 heavy (non-hydrogen) atoms. The van der Waals surface area contributed by atoms with E-state index in [1.165, 1.54) is 0 Å². The van der Waals surface area contributed by atoms with Crippen LogP contribution in [0.1, 0.15) is 47.0 Å². The summed E-state index contributed by atoms with van der Waals surface area (Å²) >= 11 is 0. The Hall–Kier alpha value is -0.120. The first-order valence-electron chi connectivity index (χ1n) is 6.14. The average Bonchev–Trinajstić information content (AvgIpc) is 2.32. The summed E-state index contributed by atoms with van der Waals surface area (Å²) in [5.74, 6) is 0. The molecule has 0 radical (unpaired) electrons. The Morgan fingerprint density at radius 1 is 0.812 bits per heavy atom. The van der Waals surface area contributed by atoms with Crippen LogP contribution in [-0.2, 0) is 14.2 Å². The molecule has 0 aliphatic carbocycles. The first-order chi connectivity index (χ1) is 7.64. The van der Waals surface area contributed by atoms with Gasteiger partial charge in [0.25, 0.3) is 0 Å². The SMILES string of the molecule is CCC(C)OC.CCCOC.CCCOC. The summed E-state index contributed by atoms with van der Waals surface area (Å²) < 4.78 is 14.3. The van der Waals surface area contributed by atoms with Crippen molar-refractivity contribution in [1.29, 1.82) is 0 Å². The quantitative estimate of drug-likeness (QED) is 0.706. The van der Waals surface area contributed by atoms with Crippen molar-refractivity contribution >= 4 is 0 Å². The minimum Gasteiger partial charge on any atom is -0.385 e. The molecule has 0 saturated carbocycles. The molecule has 0 fully saturated rings. The van der Waals surface area contributed by atoms with Crippen LogP contribution in [0.5, 0.6) is 0 Å². The van der Waals surface area contributed by atoms with Gasteiger partial charge in [-0.05, 0) is 26.2 Å². The van der Waals surface area contributed by atoms with E-state index in [1.54, 1.807) is 21.3 Å². The van der Waals surface area contributed by atoms with Crippen molar-refractivity contribution in [3.63, 3.8) is 0 Å². The highest BCUT2D eigenvalue weighted by atomic mass is 16.5. The summed E-state index contributed by atoms with van der Waals surface area (Å²) in [7, 11) is 5.15. The number of hydrogen-bond acceptors (Lipinski definition) is 3. The van der Waals surface area contributed by atoms with Gasteiger partial charge in [0.15, 0.2) is 0 Å². The lowest BCUT2D eigenvalue weighted by Gasteiger charge is -2.01. The van der Waals surface area contributed by atoms with Crippen molar-refractivity contribution in [3.05, 3.63) is 0 Å². The van der Waals surface area contributed by atoms with E-state index in [-0.39, 0.29) is 0 Å². The van der Waals surface area contributed by atoms with E-state index < -0.39 is 0 Å². The molecule has 0 bridgehead atoms. The van der Waals surface area contributed by atoms with Crippen molar-refractivity contribution in [3.8, 4) is 0 Å². The fourth-order valence-electron chi connectivity index (χ4n) is 0.575.